The SMILES string of the molecule is CC1CCN(S(=O)(=O)NCC2(CO)CCCC2)CC1. The van der Waals surface area contributed by atoms with Crippen molar-refractivity contribution in [2.24, 2.45) is 11.3 Å². The van der Waals surface area contributed by atoms with Crippen molar-refractivity contribution in [3.05, 3.63) is 0 Å². The van der Waals surface area contributed by atoms with E-state index in [1.54, 1.807) is 4.31 Å². The fourth-order valence-corrected chi connectivity index (χ4v) is 4.44. The first kappa shape index (κ1) is 15.2. The number of rotatable bonds is 5. The van der Waals surface area contributed by atoms with Gasteiger partial charge in [0.25, 0.3) is 10.2 Å². The zero-order valence-electron chi connectivity index (χ0n) is 11.8. The van der Waals surface area contributed by atoms with E-state index in [1.165, 1.54) is 0 Å². The summed E-state index contributed by atoms with van der Waals surface area (Å²) in [6.45, 7) is 3.84. The Labute approximate surface area is 116 Å². The van der Waals surface area contributed by atoms with E-state index in [-0.39, 0.29) is 12.0 Å². The molecular weight excluding hydrogens is 264 g/mol. The smallest absolute Gasteiger partial charge is 0.279 e. The largest absolute Gasteiger partial charge is 0.396 e. The second kappa shape index (κ2) is 6.08. The Morgan fingerprint density at radius 3 is 2.37 bits per heavy atom. The molecule has 0 aromatic carbocycles. The number of hydrogen-bond acceptors (Lipinski definition) is 3. The summed E-state index contributed by atoms with van der Waals surface area (Å²) in [6.07, 6.45) is 5.89. The van der Waals surface area contributed by atoms with Crippen LogP contribution in [0.1, 0.15) is 45.4 Å². The van der Waals surface area contributed by atoms with Gasteiger partial charge in [0, 0.05) is 31.7 Å². The molecule has 0 radical (unpaired) electrons. The molecule has 1 heterocycles. The van der Waals surface area contributed by atoms with Gasteiger partial charge in [0.15, 0.2) is 0 Å². The standard InChI is InChI=1S/C13H26N2O3S/c1-12-4-8-15(9-5-12)19(17,18)14-10-13(11-16)6-2-3-7-13/h12,14,16H,2-11H2,1H3. The summed E-state index contributed by atoms with van der Waals surface area (Å²) in [7, 11) is -3.37. The number of hydrogen-bond donors (Lipinski definition) is 2. The van der Waals surface area contributed by atoms with Crippen LogP contribution in [-0.2, 0) is 10.2 Å². The highest BCUT2D eigenvalue weighted by molar-refractivity contribution is 7.87. The fourth-order valence-electron chi connectivity index (χ4n) is 3.08. The third-order valence-corrected chi connectivity index (χ3v) is 6.27. The first-order valence-electron chi connectivity index (χ1n) is 7.33. The van der Waals surface area contributed by atoms with Crippen LogP contribution in [0.3, 0.4) is 0 Å². The predicted octanol–water partition coefficient (Wildman–Crippen LogP) is 1.11. The van der Waals surface area contributed by atoms with Crippen molar-refractivity contribution in [2.75, 3.05) is 26.2 Å². The van der Waals surface area contributed by atoms with E-state index >= 15 is 0 Å². The van der Waals surface area contributed by atoms with Gasteiger partial charge in [0.1, 0.15) is 0 Å². The summed E-state index contributed by atoms with van der Waals surface area (Å²) in [5.74, 6) is 0.616. The van der Waals surface area contributed by atoms with Gasteiger partial charge >= 0.3 is 0 Å². The molecule has 0 spiro atoms. The number of piperidine rings is 1. The summed E-state index contributed by atoms with van der Waals surface area (Å²) in [6, 6.07) is 0. The lowest BCUT2D eigenvalue weighted by atomic mass is 9.88. The van der Waals surface area contributed by atoms with E-state index < -0.39 is 10.2 Å². The number of aliphatic hydroxyl groups is 1. The fraction of sp³-hybridized carbons (Fsp3) is 1.00. The Hall–Kier alpha value is -0.170. The predicted molar refractivity (Wildman–Crippen MR) is 74.9 cm³/mol. The normalized spacial score (nSPS) is 25.8. The summed E-state index contributed by atoms with van der Waals surface area (Å²) in [4.78, 5) is 0. The summed E-state index contributed by atoms with van der Waals surface area (Å²) in [5, 5.41) is 9.51. The van der Waals surface area contributed by atoms with Crippen molar-refractivity contribution in [1.82, 2.24) is 9.03 Å². The summed E-state index contributed by atoms with van der Waals surface area (Å²) < 4.78 is 28.7. The molecule has 1 saturated heterocycles. The van der Waals surface area contributed by atoms with Gasteiger partial charge in [-0.2, -0.15) is 12.7 Å². The molecule has 0 amide bonds. The summed E-state index contributed by atoms with van der Waals surface area (Å²) in [5.41, 5.74) is -0.226. The second-order valence-corrected chi connectivity index (χ2v) is 8.03. The Morgan fingerprint density at radius 2 is 1.84 bits per heavy atom. The highest BCUT2D eigenvalue weighted by Gasteiger charge is 2.35. The van der Waals surface area contributed by atoms with Crippen LogP contribution in [0.2, 0.25) is 0 Å². The van der Waals surface area contributed by atoms with E-state index in [2.05, 4.69) is 11.6 Å². The molecule has 0 aromatic heterocycles. The van der Waals surface area contributed by atoms with Crippen LogP contribution in [-0.4, -0.2) is 44.1 Å². The lowest BCUT2D eigenvalue weighted by Gasteiger charge is -2.32. The van der Waals surface area contributed by atoms with Gasteiger partial charge in [0.2, 0.25) is 0 Å². The molecule has 2 fully saturated rings. The average Bonchev–Trinajstić information content (AvgIpc) is 2.87. The second-order valence-electron chi connectivity index (χ2n) is 6.27. The van der Waals surface area contributed by atoms with E-state index in [4.69, 9.17) is 0 Å². The quantitative estimate of drug-likeness (QED) is 0.797. The molecule has 2 rings (SSSR count). The van der Waals surface area contributed by atoms with Gasteiger partial charge in [-0.15, -0.1) is 0 Å². The molecule has 1 aliphatic heterocycles. The van der Waals surface area contributed by atoms with Crippen molar-refractivity contribution < 1.29 is 13.5 Å². The molecule has 2 aliphatic rings. The minimum absolute atomic E-state index is 0.0759. The van der Waals surface area contributed by atoms with Crippen LogP contribution in [0.5, 0.6) is 0 Å². The minimum atomic E-state index is -3.37. The minimum Gasteiger partial charge on any atom is -0.396 e. The van der Waals surface area contributed by atoms with Crippen molar-refractivity contribution in [1.29, 1.82) is 0 Å². The average molecular weight is 290 g/mol. The lowest BCUT2D eigenvalue weighted by Crippen LogP contribution is -2.48. The molecule has 1 aliphatic carbocycles. The molecule has 112 valence electrons. The van der Waals surface area contributed by atoms with Gasteiger partial charge in [-0.1, -0.05) is 19.8 Å². The van der Waals surface area contributed by atoms with Crippen molar-refractivity contribution >= 4 is 10.2 Å². The Kier molecular flexibility index (Phi) is 4.87. The van der Waals surface area contributed by atoms with Gasteiger partial charge in [-0.25, -0.2) is 4.72 Å². The maximum absolute atomic E-state index is 12.2. The molecule has 6 heteroatoms. The van der Waals surface area contributed by atoms with E-state index in [1.807, 2.05) is 0 Å². The van der Waals surface area contributed by atoms with Gasteiger partial charge in [0.05, 0.1) is 0 Å². The third-order valence-electron chi connectivity index (χ3n) is 4.71. The van der Waals surface area contributed by atoms with Crippen molar-refractivity contribution in [3.8, 4) is 0 Å². The van der Waals surface area contributed by atoms with Crippen LogP contribution in [0.25, 0.3) is 0 Å². The highest BCUT2D eigenvalue weighted by Crippen LogP contribution is 2.37. The molecule has 5 nitrogen and oxygen atoms in total. The monoisotopic (exact) mass is 290 g/mol. The van der Waals surface area contributed by atoms with Crippen LogP contribution in [0, 0.1) is 11.3 Å². The zero-order valence-corrected chi connectivity index (χ0v) is 12.6. The van der Waals surface area contributed by atoms with E-state index in [9.17, 15) is 13.5 Å². The van der Waals surface area contributed by atoms with Crippen molar-refractivity contribution in [3.63, 3.8) is 0 Å². The van der Waals surface area contributed by atoms with Crippen LogP contribution < -0.4 is 4.72 Å². The van der Waals surface area contributed by atoms with E-state index in [0.717, 1.165) is 38.5 Å². The zero-order chi connectivity index (χ0) is 13.9. The topological polar surface area (TPSA) is 69.6 Å². The maximum atomic E-state index is 12.2. The number of nitrogens with one attached hydrogen (secondary N) is 1. The summed E-state index contributed by atoms with van der Waals surface area (Å²) >= 11 is 0. The van der Waals surface area contributed by atoms with Crippen LogP contribution in [0.4, 0.5) is 0 Å². The molecule has 0 unspecified atom stereocenters. The third kappa shape index (κ3) is 3.68. The van der Waals surface area contributed by atoms with Crippen LogP contribution >= 0.6 is 0 Å². The van der Waals surface area contributed by atoms with E-state index in [0.29, 0.717) is 25.6 Å². The molecule has 0 atom stereocenters. The Morgan fingerprint density at radius 1 is 1.26 bits per heavy atom. The van der Waals surface area contributed by atoms with Gasteiger partial charge in [-0.3, -0.25) is 0 Å². The Balaban J connectivity index is 1.90. The molecule has 19 heavy (non-hydrogen) atoms. The Bertz CT molecular complexity index is 383. The molecule has 0 bridgehead atoms. The molecular formula is C13H26N2O3S. The first-order valence-corrected chi connectivity index (χ1v) is 8.77. The molecule has 2 N–H and O–H groups in total. The maximum Gasteiger partial charge on any atom is 0.279 e. The van der Waals surface area contributed by atoms with Gasteiger partial charge in [-0.05, 0) is 31.6 Å². The van der Waals surface area contributed by atoms with Crippen LogP contribution in [0.15, 0.2) is 0 Å². The lowest BCUT2D eigenvalue weighted by molar-refractivity contribution is 0.133. The van der Waals surface area contributed by atoms with Gasteiger partial charge < -0.3 is 5.11 Å². The number of aliphatic hydroxyl groups excluding tert-OH is 1. The molecule has 1 saturated carbocycles. The molecule has 0 aromatic rings. The van der Waals surface area contributed by atoms with Crippen molar-refractivity contribution in [2.45, 2.75) is 45.4 Å². The first-order chi connectivity index (χ1) is 8.97. The number of nitrogens with zero attached hydrogens (tertiary/aromatic N) is 1. The highest BCUT2D eigenvalue weighted by atomic mass is 32.2.